The Morgan fingerprint density at radius 2 is 1.77 bits per heavy atom. The molecule has 0 unspecified atom stereocenters. The smallest absolute Gasteiger partial charge is 0.289 e. The van der Waals surface area contributed by atoms with E-state index >= 15 is 0 Å². The number of rotatable bonds is 5. The van der Waals surface area contributed by atoms with E-state index in [4.69, 9.17) is 0 Å². The number of aromatic nitrogens is 3. The van der Waals surface area contributed by atoms with Crippen LogP contribution >= 0.6 is 0 Å². The molecule has 0 saturated heterocycles. The monoisotopic (exact) mass is 407 g/mol. The third kappa shape index (κ3) is 3.48. The molecule has 2 N–H and O–H groups in total. The minimum Gasteiger partial charge on any atom is -0.341 e. The van der Waals surface area contributed by atoms with E-state index in [2.05, 4.69) is 68.6 Å². The molecule has 2 heterocycles. The lowest BCUT2D eigenvalue weighted by Crippen LogP contribution is -2.17. The first-order valence-corrected chi connectivity index (χ1v) is 10.2. The molecule has 1 amide bonds. The molecule has 0 aliphatic rings. The fourth-order valence-corrected chi connectivity index (χ4v) is 3.91. The standard InChI is InChI=1S/C25H21N5O/c1-2-30-23-11-7-6-10-19(23)20-14-17(12-13-24(20)30)16-26-29-25(31)22-15-21(27-28-22)18-8-4-3-5-9-18/h3-16H,2H2,1H3,(H,27,28)(H,29,31)/b26-16+. The number of hydrogen-bond donors (Lipinski definition) is 2. The predicted molar refractivity (Wildman–Crippen MR) is 124 cm³/mol. The molecule has 5 rings (SSSR count). The summed E-state index contributed by atoms with van der Waals surface area (Å²) in [5, 5.41) is 13.5. The van der Waals surface area contributed by atoms with E-state index in [0.717, 1.165) is 17.7 Å². The van der Waals surface area contributed by atoms with Gasteiger partial charge in [0.05, 0.1) is 11.9 Å². The van der Waals surface area contributed by atoms with Gasteiger partial charge in [-0.25, -0.2) is 5.43 Å². The minimum absolute atomic E-state index is 0.338. The van der Waals surface area contributed by atoms with Crippen molar-refractivity contribution in [2.75, 3.05) is 0 Å². The molecule has 0 aliphatic heterocycles. The highest BCUT2D eigenvalue weighted by atomic mass is 16.2. The van der Waals surface area contributed by atoms with Gasteiger partial charge < -0.3 is 4.57 Å². The molecule has 0 spiro atoms. The van der Waals surface area contributed by atoms with Crippen molar-refractivity contribution < 1.29 is 4.79 Å². The second-order valence-corrected chi connectivity index (χ2v) is 7.27. The number of fused-ring (bicyclic) bond motifs is 3. The summed E-state index contributed by atoms with van der Waals surface area (Å²) in [6.07, 6.45) is 1.66. The summed E-state index contributed by atoms with van der Waals surface area (Å²) in [6, 6.07) is 26.0. The Hall–Kier alpha value is -4.19. The number of carbonyl (C=O) groups is 1. The molecule has 6 heteroatoms. The van der Waals surface area contributed by atoms with Crippen LogP contribution < -0.4 is 5.43 Å². The average Bonchev–Trinajstić information content (AvgIpc) is 3.43. The Morgan fingerprint density at radius 1 is 1.00 bits per heavy atom. The maximum absolute atomic E-state index is 12.4. The van der Waals surface area contributed by atoms with Gasteiger partial charge in [0.2, 0.25) is 0 Å². The fraction of sp³-hybridized carbons (Fsp3) is 0.0800. The Kier molecular flexibility index (Phi) is 4.80. The van der Waals surface area contributed by atoms with Gasteiger partial charge in [-0.3, -0.25) is 9.89 Å². The number of hydrazone groups is 1. The van der Waals surface area contributed by atoms with Gasteiger partial charge in [-0.2, -0.15) is 10.2 Å². The quantitative estimate of drug-likeness (QED) is 0.319. The predicted octanol–water partition coefficient (Wildman–Crippen LogP) is 4.97. The van der Waals surface area contributed by atoms with Crippen LogP contribution in [0.5, 0.6) is 0 Å². The van der Waals surface area contributed by atoms with Gasteiger partial charge in [0, 0.05) is 33.9 Å². The molecule has 3 aromatic carbocycles. The van der Waals surface area contributed by atoms with Crippen LogP contribution in [0.2, 0.25) is 0 Å². The van der Waals surface area contributed by atoms with E-state index in [0.29, 0.717) is 11.4 Å². The third-order valence-corrected chi connectivity index (χ3v) is 5.38. The Morgan fingerprint density at radius 3 is 2.61 bits per heavy atom. The van der Waals surface area contributed by atoms with Crippen LogP contribution in [0.4, 0.5) is 0 Å². The third-order valence-electron chi connectivity index (χ3n) is 5.38. The largest absolute Gasteiger partial charge is 0.341 e. The van der Waals surface area contributed by atoms with Gasteiger partial charge in [-0.15, -0.1) is 0 Å². The first-order chi connectivity index (χ1) is 15.2. The zero-order valence-corrected chi connectivity index (χ0v) is 17.0. The highest BCUT2D eigenvalue weighted by Crippen LogP contribution is 2.29. The first-order valence-electron chi connectivity index (χ1n) is 10.2. The first kappa shape index (κ1) is 18.8. The van der Waals surface area contributed by atoms with E-state index in [1.54, 1.807) is 12.3 Å². The number of nitrogens with zero attached hydrogens (tertiary/aromatic N) is 3. The summed E-state index contributed by atoms with van der Waals surface area (Å²) < 4.78 is 2.30. The normalized spacial score (nSPS) is 11.5. The topological polar surface area (TPSA) is 75.1 Å². The van der Waals surface area contributed by atoms with E-state index < -0.39 is 0 Å². The van der Waals surface area contributed by atoms with Gasteiger partial charge in [-0.05, 0) is 36.8 Å². The lowest BCUT2D eigenvalue weighted by atomic mass is 10.1. The van der Waals surface area contributed by atoms with Crippen molar-refractivity contribution in [3.63, 3.8) is 0 Å². The van der Waals surface area contributed by atoms with Crippen molar-refractivity contribution in [3.05, 3.63) is 90.1 Å². The van der Waals surface area contributed by atoms with Crippen LogP contribution in [0, 0.1) is 0 Å². The zero-order chi connectivity index (χ0) is 21.2. The molecule has 0 aliphatic carbocycles. The molecule has 31 heavy (non-hydrogen) atoms. The van der Waals surface area contributed by atoms with Crippen LogP contribution in [0.25, 0.3) is 33.1 Å². The second-order valence-electron chi connectivity index (χ2n) is 7.27. The number of aromatic amines is 1. The molecule has 0 fully saturated rings. The highest BCUT2D eigenvalue weighted by Gasteiger charge is 2.11. The zero-order valence-electron chi connectivity index (χ0n) is 17.0. The molecular weight excluding hydrogens is 386 g/mol. The van der Waals surface area contributed by atoms with E-state index in [9.17, 15) is 4.79 Å². The van der Waals surface area contributed by atoms with Crippen molar-refractivity contribution in [2.45, 2.75) is 13.5 Å². The van der Waals surface area contributed by atoms with Gasteiger partial charge in [0.15, 0.2) is 0 Å². The van der Waals surface area contributed by atoms with Crippen LogP contribution in [-0.2, 0) is 6.54 Å². The van der Waals surface area contributed by atoms with Crippen molar-refractivity contribution in [1.82, 2.24) is 20.2 Å². The summed E-state index contributed by atoms with van der Waals surface area (Å²) in [7, 11) is 0. The number of aryl methyl sites for hydroxylation is 1. The number of benzene rings is 3. The lowest BCUT2D eigenvalue weighted by Gasteiger charge is -2.02. The molecule has 6 nitrogen and oxygen atoms in total. The maximum atomic E-state index is 12.4. The maximum Gasteiger partial charge on any atom is 0.289 e. The Bertz CT molecular complexity index is 1410. The average molecular weight is 407 g/mol. The van der Waals surface area contributed by atoms with E-state index in [1.165, 1.54) is 21.8 Å². The number of hydrogen-bond acceptors (Lipinski definition) is 3. The van der Waals surface area contributed by atoms with Gasteiger partial charge in [0.25, 0.3) is 5.91 Å². The number of amides is 1. The summed E-state index contributed by atoms with van der Waals surface area (Å²) in [5.41, 5.74) is 7.91. The molecule has 152 valence electrons. The van der Waals surface area contributed by atoms with E-state index in [-0.39, 0.29) is 5.91 Å². The highest BCUT2D eigenvalue weighted by molar-refractivity contribution is 6.09. The number of nitrogens with one attached hydrogen (secondary N) is 2. The van der Waals surface area contributed by atoms with Crippen molar-refractivity contribution >= 4 is 33.9 Å². The fourth-order valence-electron chi connectivity index (χ4n) is 3.91. The second kappa shape index (κ2) is 7.91. The molecule has 0 atom stereocenters. The molecule has 0 bridgehead atoms. The molecular formula is C25H21N5O. The number of para-hydroxylation sites is 1. The minimum atomic E-state index is -0.338. The van der Waals surface area contributed by atoms with Crippen LogP contribution in [0.15, 0.2) is 84.0 Å². The molecule has 0 saturated carbocycles. The Labute approximate surface area is 179 Å². The van der Waals surface area contributed by atoms with Crippen LogP contribution in [0.1, 0.15) is 23.0 Å². The van der Waals surface area contributed by atoms with Gasteiger partial charge in [-0.1, -0.05) is 54.6 Å². The SMILES string of the molecule is CCn1c2ccccc2c2cc(/C=N/NC(=O)c3cc(-c4ccccc4)n[nH]3)ccc21. The number of H-pyrrole nitrogens is 1. The van der Waals surface area contributed by atoms with Crippen LogP contribution in [-0.4, -0.2) is 26.9 Å². The summed E-state index contributed by atoms with van der Waals surface area (Å²) in [4.78, 5) is 12.4. The van der Waals surface area contributed by atoms with Crippen LogP contribution in [0.3, 0.4) is 0 Å². The molecule has 0 radical (unpaired) electrons. The van der Waals surface area contributed by atoms with E-state index in [1.807, 2.05) is 36.4 Å². The summed E-state index contributed by atoms with van der Waals surface area (Å²) >= 11 is 0. The van der Waals surface area contributed by atoms with Gasteiger partial charge >= 0.3 is 0 Å². The number of carbonyl (C=O) groups excluding carboxylic acids is 1. The molecule has 2 aromatic heterocycles. The Balaban J connectivity index is 1.35. The van der Waals surface area contributed by atoms with Gasteiger partial charge in [0.1, 0.15) is 5.69 Å². The molecule has 5 aromatic rings. The summed E-state index contributed by atoms with van der Waals surface area (Å²) in [6.45, 7) is 3.05. The van der Waals surface area contributed by atoms with Crippen molar-refractivity contribution in [1.29, 1.82) is 0 Å². The lowest BCUT2D eigenvalue weighted by molar-refractivity contribution is 0.0950. The van der Waals surface area contributed by atoms with Crippen molar-refractivity contribution in [3.8, 4) is 11.3 Å². The van der Waals surface area contributed by atoms with Crippen molar-refractivity contribution in [2.24, 2.45) is 5.10 Å². The summed E-state index contributed by atoms with van der Waals surface area (Å²) in [5.74, 6) is -0.338.